The maximum Gasteiger partial charge on any atom is 0.239 e. The monoisotopic (exact) mass is 388 g/mol. The Morgan fingerprint density at radius 2 is 1.79 bits per heavy atom. The highest BCUT2D eigenvalue weighted by Gasteiger charge is 2.15. The number of benzene rings is 2. The Labute approximate surface area is 164 Å². The van der Waals surface area contributed by atoms with Gasteiger partial charge in [-0.05, 0) is 30.2 Å². The molecule has 0 atom stereocenters. The van der Waals surface area contributed by atoms with E-state index in [2.05, 4.69) is 5.32 Å². The zero-order valence-electron chi connectivity index (χ0n) is 16.3. The van der Waals surface area contributed by atoms with E-state index in [1.54, 1.807) is 32.4 Å². The van der Waals surface area contributed by atoms with Crippen LogP contribution in [-0.4, -0.2) is 44.0 Å². The first-order valence-corrected chi connectivity index (χ1v) is 8.91. The lowest BCUT2D eigenvalue weighted by Crippen LogP contribution is -2.40. The lowest BCUT2D eigenvalue weighted by molar-refractivity contribution is -0.134. The molecule has 0 aliphatic rings. The summed E-state index contributed by atoms with van der Waals surface area (Å²) in [5.41, 5.74) is 1.35. The highest BCUT2D eigenvalue weighted by molar-refractivity contribution is 5.83. The number of hydrogen-bond acceptors (Lipinski definition) is 4. The molecule has 1 N–H and O–H groups in total. The number of nitrogens with one attached hydrogen (secondary N) is 1. The fourth-order valence-electron chi connectivity index (χ4n) is 2.72. The summed E-state index contributed by atoms with van der Waals surface area (Å²) >= 11 is 0. The molecule has 2 aromatic rings. The van der Waals surface area contributed by atoms with E-state index in [1.807, 2.05) is 18.2 Å². The molecule has 0 saturated heterocycles. The van der Waals surface area contributed by atoms with Crippen molar-refractivity contribution in [3.05, 3.63) is 59.4 Å². The van der Waals surface area contributed by atoms with Crippen LogP contribution in [0.4, 0.5) is 4.39 Å². The first kappa shape index (κ1) is 21.2. The highest BCUT2D eigenvalue weighted by Crippen LogP contribution is 2.27. The second-order valence-corrected chi connectivity index (χ2v) is 6.26. The van der Waals surface area contributed by atoms with Crippen LogP contribution >= 0.6 is 0 Å². The van der Waals surface area contributed by atoms with Crippen LogP contribution in [0.5, 0.6) is 11.5 Å². The molecule has 0 unspecified atom stereocenters. The van der Waals surface area contributed by atoms with Gasteiger partial charge in [-0.25, -0.2) is 4.39 Å². The Bertz CT molecular complexity index is 826. The molecule has 0 aliphatic heterocycles. The molecule has 0 saturated carbocycles. The molecule has 0 heterocycles. The Hall–Kier alpha value is -3.09. The third-order valence-corrected chi connectivity index (χ3v) is 4.28. The minimum absolute atomic E-state index is 0.0467. The van der Waals surface area contributed by atoms with Gasteiger partial charge in [0, 0.05) is 25.6 Å². The van der Waals surface area contributed by atoms with Crippen LogP contribution in [0.2, 0.25) is 0 Å². The largest absolute Gasteiger partial charge is 0.493 e. The summed E-state index contributed by atoms with van der Waals surface area (Å²) in [4.78, 5) is 25.3. The van der Waals surface area contributed by atoms with Crippen molar-refractivity contribution in [3.63, 3.8) is 0 Å². The van der Waals surface area contributed by atoms with E-state index < -0.39 is 5.82 Å². The van der Waals surface area contributed by atoms with E-state index in [9.17, 15) is 14.0 Å². The number of ether oxygens (including phenoxy) is 2. The van der Waals surface area contributed by atoms with Gasteiger partial charge >= 0.3 is 0 Å². The zero-order valence-corrected chi connectivity index (χ0v) is 16.3. The van der Waals surface area contributed by atoms with E-state index in [1.165, 1.54) is 17.9 Å². The van der Waals surface area contributed by atoms with E-state index >= 15 is 0 Å². The van der Waals surface area contributed by atoms with E-state index in [0.717, 1.165) is 5.56 Å². The van der Waals surface area contributed by atoms with Gasteiger partial charge in [-0.3, -0.25) is 9.59 Å². The van der Waals surface area contributed by atoms with Crippen molar-refractivity contribution >= 4 is 11.8 Å². The Morgan fingerprint density at radius 3 is 2.43 bits per heavy atom. The van der Waals surface area contributed by atoms with Crippen LogP contribution in [0.25, 0.3) is 0 Å². The molecule has 0 spiro atoms. The number of rotatable bonds is 9. The van der Waals surface area contributed by atoms with Gasteiger partial charge < -0.3 is 19.7 Å². The average molecular weight is 388 g/mol. The lowest BCUT2D eigenvalue weighted by atomic mass is 10.1. The highest BCUT2D eigenvalue weighted by atomic mass is 19.1. The molecule has 0 aromatic heterocycles. The number of hydrogen-bond donors (Lipinski definition) is 1. The Balaban J connectivity index is 1.88. The van der Waals surface area contributed by atoms with Crippen LogP contribution in [-0.2, 0) is 22.6 Å². The summed E-state index contributed by atoms with van der Waals surface area (Å²) < 4.78 is 24.3. The molecule has 0 aliphatic carbocycles. The number of carbonyl (C=O) groups excluding carboxylic acids is 2. The van der Waals surface area contributed by atoms with Crippen LogP contribution in [0.3, 0.4) is 0 Å². The fourth-order valence-corrected chi connectivity index (χ4v) is 2.72. The average Bonchev–Trinajstić information content (AvgIpc) is 2.68. The molecular weight excluding hydrogens is 363 g/mol. The van der Waals surface area contributed by atoms with Crippen LogP contribution < -0.4 is 14.8 Å². The fraction of sp³-hybridized carbons (Fsp3) is 0.333. The molecule has 0 fully saturated rings. The molecule has 2 rings (SSSR count). The Morgan fingerprint density at radius 1 is 1.07 bits per heavy atom. The van der Waals surface area contributed by atoms with E-state index in [0.29, 0.717) is 30.0 Å². The van der Waals surface area contributed by atoms with Crippen LogP contribution in [0.1, 0.15) is 18.1 Å². The third kappa shape index (κ3) is 5.97. The first-order valence-electron chi connectivity index (χ1n) is 8.91. The topological polar surface area (TPSA) is 67.9 Å². The van der Waals surface area contributed by atoms with Gasteiger partial charge in [0.2, 0.25) is 11.8 Å². The summed E-state index contributed by atoms with van der Waals surface area (Å²) in [6, 6.07) is 11.8. The second kappa shape index (κ2) is 10.3. The SMILES string of the molecule is COc1ccc(CCNC(=O)CN(Cc2ccccc2F)C(C)=O)cc1OC. The summed E-state index contributed by atoms with van der Waals surface area (Å²) in [5.74, 6) is 0.271. The van der Waals surface area contributed by atoms with Gasteiger partial charge in [-0.15, -0.1) is 0 Å². The summed E-state index contributed by atoms with van der Waals surface area (Å²) in [6.07, 6.45) is 0.597. The van der Waals surface area contributed by atoms with Gasteiger partial charge in [-0.1, -0.05) is 24.3 Å². The van der Waals surface area contributed by atoms with Crippen LogP contribution in [0.15, 0.2) is 42.5 Å². The minimum Gasteiger partial charge on any atom is -0.493 e. The van der Waals surface area contributed by atoms with Crippen molar-refractivity contribution in [3.8, 4) is 11.5 Å². The smallest absolute Gasteiger partial charge is 0.239 e. The number of amides is 2. The predicted molar refractivity (Wildman–Crippen MR) is 104 cm³/mol. The Kier molecular flexibility index (Phi) is 7.80. The molecule has 2 aromatic carbocycles. The summed E-state index contributed by atoms with van der Waals surface area (Å²) in [6.45, 7) is 1.68. The first-order chi connectivity index (χ1) is 13.4. The van der Waals surface area contributed by atoms with E-state index in [-0.39, 0.29) is 24.9 Å². The summed E-state index contributed by atoms with van der Waals surface area (Å²) in [5, 5.41) is 2.78. The third-order valence-electron chi connectivity index (χ3n) is 4.28. The molecule has 2 amide bonds. The van der Waals surface area contributed by atoms with Crippen molar-refractivity contribution in [2.45, 2.75) is 19.9 Å². The number of carbonyl (C=O) groups is 2. The molecule has 28 heavy (non-hydrogen) atoms. The minimum atomic E-state index is -0.400. The quantitative estimate of drug-likeness (QED) is 0.717. The van der Waals surface area contributed by atoms with Crippen molar-refractivity contribution in [1.29, 1.82) is 0 Å². The zero-order chi connectivity index (χ0) is 20.5. The molecule has 6 nitrogen and oxygen atoms in total. The van der Waals surface area contributed by atoms with Gasteiger partial charge in [-0.2, -0.15) is 0 Å². The summed E-state index contributed by atoms with van der Waals surface area (Å²) in [7, 11) is 3.13. The van der Waals surface area contributed by atoms with Gasteiger partial charge in [0.25, 0.3) is 0 Å². The standard InChI is InChI=1S/C21H25FN2O4/c1-15(25)24(13-17-6-4-5-7-18(17)22)14-21(26)23-11-10-16-8-9-19(27-2)20(12-16)28-3/h4-9,12H,10-11,13-14H2,1-3H3,(H,23,26). The number of nitrogens with zero attached hydrogens (tertiary/aromatic N) is 1. The molecule has 7 heteroatoms. The maximum absolute atomic E-state index is 13.8. The van der Waals surface area contributed by atoms with Gasteiger partial charge in [0.05, 0.1) is 20.8 Å². The molecular formula is C21H25FN2O4. The molecule has 0 bridgehead atoms. The van der Waals surface area contributed by atoms with Crippen molar-refractivity contribution in [1.82, 2.24) is 10.2 Å². The second-order valence-electron chi connectivity index (χ2n) is 6.26. The maximum atomic E-state index is 13.8. The number of halogens is 1. The lowest BCUT2D eigenvalue weighted by Gasteiger charge is -2.21. The van der Waals surface area contributed by atoms with Crippen molar-refractivity contribution in [2.75, 3.05) is 27.3 Å². The molecule has 150 valence electrons. The predicted octanol–water partition coefficient (Wildman–Crippen LogP) is 2.55. The van der Waals surface area contributed by atoms with Crippen molar-refractivity contribution < 1.29 is 23.5 Å². The number of methoxy groups -OCH3 is 2. The van der Waals surface area contributed by atoms with Gasteiger partial charge in [0.15, 0.2) is 11.5 Å². The van der Waals surface area contributed by atoms with Crippen LogP contribution in [0, 0.1) is 5.82 Å². The van der Waals surface area contributed by atoms with Crippen molar-refractivity contribution in [2.24, 2.45) is 0 Å². The van der Waals surface area contributed by atoms with Gasteiger partial charge in [0.1, 0.15) is 5.82 Å². The van der Waals surface area contributed by atoms with E-state index in [4.69, 9.17) is 9.47 Å². The molecule has 0 radical (unpaired) electrons. The normalized spacial score (nSPS) is 10.3.